The maximum Gasteiger partial charge on any atom is 0.124 e. The summed E-state index contributed by atoms with van der Waals surface area (Å²) in [6.07, 6.45) is 0.924. The molecule has 4 aromatic rings. The van der Waals surface area contributed by atoms with Gasteiger partial charge in [0.25, 0.3) is 0 Å². The number of rotatable bonds is 8. The summed E-state index contributed by atoms with van der Waals surface area (Å²) in [6, 6.07) is 26.8. The van der Waals surface area contributed by atoms with Crippen molar-refractivity contribution in [1.82, 2.24) is 5.32 Å². The van der Waals surface area contributed by atoms with Gasteiger partial charge in [0.15, 0.2) is 0 Å². The summed E-state index contributed by atoms with van der Waals surface area (Å²) in [6.45, 7) is 1.95. The van der Waals surface area contributed by atoms with Gasteiger partial charge in [-0.25, -0.2) is 4.39 Å². The molecule has 0 aromatic heterocycles. The van der Waals surface area contributed by atoms with E-state index in [2.05, 4.69) is 35.6 Å². The van der Waals surface area contributed by atoms with E-state index in [1.165, 1.54) is 28.5 Å². The second kappa shape index (κ2) is 11.1. The monoisotopic (exact) mass is 455 g/mol. The standard InChI is InChI=1S/C26H23ClFNO.ClH/c27-22-10-5-19(6-11-22)15-16-29-17-25-24-4-2-1-3-21(24)9-14-26(25)30-18-20-7-12-23(28)13-8-20;/h1-14,29H,15-18H2;1H. The molecular weight excluding hydrogens is 432 g/mol. The Bertz CT molecular complexity index is 1110. The largest absolute Gasteiger partial charge is 0.489 e. The molecule has 0 aliphatic heterocycles. The summed E-state index contributed by atoms with van der Waals surface area (Å²) < 4.78 is 19.3. The number of hydrogen-bond donors (Lipinski definition) is 1. The Morgan fingerprint density at radius 2 is 1.52 bits per heavy atom. The Kier molecular flexibility index (Phi) is 8.30. The van der Waals surface area contributed by atoms with E-state index in [0.717, 1.165) is 34.9 Å². The molecule has 1 N–H and O–H groups in total. The minimum Gasteiger partial charge on any atom is -0.489 e. The molecule has 2 nitrogen and oxygen atoms in total. The highest BCUT2D eigenvalue weighted by molar-refractivity contribution is 6.30. The number of hydrogen-bond acceptors (Lipinski definition) is 2. The normalized spacial score (nSPS) is 10.6. The molecule has 0 unspecified atom stereocenters. The molecule has 0 aliphatic carbocycles. The van der Waals surface area contributed by atoms with Gasteiger partial charge >= 0.3 is 0 Å². The number of halogens is 3. The highest BCUT2D eigenvalue weighted by Gasteiger charge is 2.09. The zero-order valence-corrected chi connectivity index (χ0v) is 18.6. The van der Waals surface area contributed by atoms with Crippen molar-refractivity contribution < 1.29 is 9.13 Å². The second-order valence-corrected chi connectivity index (χ2v) is 7.67. The average Bonchev–Trinajstić information content (AvgIpc) is 2.78. The number of ether oxygens (including phenoxy) is 1. The molecule has 0 spiro atoms. The second-order valence-electron chi connectivity index (χ2n) is 7.23. The molecule has 0 aliphatic rings. The third-order valence-electron chi connectivity index (χ3n) is 5.11. The van der Waals surface area contributed by atoms with Crippen molar-refractivity contribution in [3.63, 3.8) is 0 Å². The molecule has 0 heterocycles. The quantitative estimate of drug-likeness (QED) is 0.289. The zero-order valence-electron chi connectivity index (χ0n) is 17.0. The lowest BCUT2D eigenvalue weighted by atomic mass is 10.0. The summed E-state index contributed by atoms with van der Waals surface area (Å²) in [4.78, 5) is 0. The Morgan fingerprint density at radius 3 is 2.29 bits per heavy atom. The average molecular weight is 456 g/mol. The third-order valence-corrected chi connectivity index (χ3v) is 5.36. The number of nitrogens with one attached hydrogen (secondary N) is 1. The molecular formula is C26H24Cl2FNO. The fraction of sp³-hybridized carbons (Fsp3) is 0.154. The van der Waals surface area contributed by atoms with Crippen LogP contribution in [0.5, 0.6) is 5.75 Å². The van der Waals surface area contributed by atoms with Crippen LogP contribution in [0.25, 0.3) is 10.8 Å². The van der Waals surface area contributed by atoms with Gasteiger partial charge in [0, 0.05) is 17.1 Å². The van der Waals surface area contributed by atoms with Crippen molar-refractivity contribution in [2.45, 2.75) is 19.6 Å². The Labute approximate surface area is 193 Å². The van der Waals surface area contributed by atoms with E-state index in [1.807, 2.05) is 30.3 Å². The molecule has 31 heavy (non-hydrogen) atoms. The summed E-state index contributed by atoms with van der Waals surface area (Å²) in [5.74, 6) is 0.604. The smallest absolute Gasteiger partial charge is 0.124 e. The Hall–Kier alpha value is -2.59. The lowest BCUT2D eigenvalue weighted by Gasteiger charge is -2.15. The first-order valence-electron chi connectivity index (χ1n) is 10.0. The first-order valence-corrected chi connectivity index (χ1v) is 10.4. The van der Waals surface area contributed by atoms with Gasteiger partial charge in [-0.2, -0.15) is 0 Å². The molecule has 4 aromatic carbocycles. The predicted octanol–water partition coefficient (Wildman–Crippen LogP) is 6.97. The fourth-order valence-electron chi connectivity index (χ4n) is 3.47. The van der Waals surface area contributed by atoms with Gasteiger partial charge in [0.2, 0.25) is 0 Å². The molecule has 0 saturated heterocycles. The maximum absolute atomic E-state index is 13.1. The predicted molar refractivity (Wildman–Crippen MR) is 129 cm³/mol. The van der Waals surface area contributed by atoms with Crippen LogP contribution in [-0.2, 0) is 19.6 Å². The minimum absolute atomic E-state index is 0. The van der Waals surface area contributed by atoms with E-state index in [0.29, 0.717) is 13.2 Å². The topological polar surface area (TPSA) is 21.3 Å². The van der Waals surface area contributed by atoms with Crippen molar-refractivity contribution in [2.75, 3.05) is 6.54 Å². The lowest BCUT2D eigenvalue weighted by molar-refractivity contribution is 0.302. The number of fused-ring (bicyclic) bond motifs is 1. The van der Waals surface area contributed by atoms with Crippen molar-refractivity contribution in [1.29, 1.82) is 0 Å². The summed E-state index contributed by atoms with van der Waals surface area (Å²) >= 11 is 5.96. The van der Waals surface area contributed by atoms with E-state index >= 15 is 0 Å². The van der Waals surface area contributed by atoms with Gasteiger partial charge in [0.1, 0.15) is 18.2 Å². The molecule has 0 amide bonds. The van der Waals surface area contributed by atoms with E-state index in [-0.39, 0.29) is 18.2 Å². The summed E-state index contributed by atoms with van der Waals surface area (Å²) in [5, 5.41) is 6.65. The first kappa shape index (κ1) is 23.1. The van der Waals surface area contributed by atoms with Crippen LogP contribution in [0, 0.1) is 5.82 Å². The van der Waals surface area contributed by atoms with Crippen LogP contribution in [0.2, 0.25) is 5.02 Å². The van der Waals surface area contributed by atoms with Gasteiger partial charge in [-0.1, -0.05) is 66.2 Å². The minimum atomic E-state index is -0.241. The highest BCUT2D eigenvalue weighted by Crippen LogP contribution is 2.29. The fourth-order valence-corrected chi connectivity index (χ4v) is 3.60. The molecule has 0 radical (unpaired) electrons. The van der Waals surface area contributed by atoms with Crippen LogP contribution in [-0.4, -0.2) is 6.54 Å². The van der Waals surface area contributed by atoms with Crippen LogP contribution in [0.1, 0.15) is 16.7 Å². The van der Waals surface area contributed by atoms with Gasteiger partial charge < -0.3 is 10.1 Å². The molecule has 0 atom stereocenters. The van der Waals surface area contributed by atoms with E-state index < -0.39 is 0 Å². The van der Waals surface area contributed by atoms with Crippen LogP contribution in [0.15, 0.2) is 84.9 Å². The van der Waals surface area contributed by atoms with Gasteiger partial charge in [-0.3, -0.25) is 0 Å². The molecule has 0 bridgehead atoms. The maximum atomic E-state index is 13.1. The molecule has 160 valence electrons. The highest BCUT2D eigenvalue weighted by atomic mass is 35.5. The van der Waals surface area contributed by atoms with Gasteiger partial charge in [-0.05, 0) is 65.2 Å². The Balaban J connectivity index is 0.00000272. The third kappa shape index (κ3) is 6.20. The summed E-state index contributed by atoms with van der Waals surface area (Å²) in [5.41, 5.74) is 3.31. The van der Waals surface area contributed by atoms with Crippen molar-refractivity contribution in [3.8, 4) is 5.75 Å². The van der Waals surface area contributed by atoms with Crippen LogP contribution >= 0.6 is 24.0 Å². The van der Waals surface area contributed by atoms with Crippen LogP contribution < -0.4 is 10.1 Å². The molecule has 0 fully saturated rings. The SMILES string of the molecule is Cl.Fc1ccc(COc2ccc3ccccc3c2CNCCc2ccc(Cl)cc2)cc1. The first-order chi connectivity index (χ1) is 14.7. The van der Waals surface area contributed by atoms with E-state index in [1.54, 1.807) is 12.1 Å². The van der Waals surface area contributed by atoms with Crippen molar-refractivity contribution in [3.05, 3.63) is 112 Å². The van der Waals surface area contributed by atoms with E-state index in [9.17, 15) is 4.39 Å². The van der Waals surface area contributed by atoms with Crippen molar-refractivity contribution in [2.24, 2.45) is 0 Å². The van der Waals surface area contributed by atoms with Crippen molar-refractivity contribution >= 4 is 34.8 Å². The lowest BCUT2D eigenvalue weighted by Crippen LogP contribution is -2.17. The molecule has 0 saturated carbocycles. The number of benzene rings is 4. The molecule has 4 rings (SSSR count). The van der Waals surface area contributed by atoms with Crippen LogP contribution in [0.4, 0.5) is 4.39 Å². The van der Waals surface area contributed by atoms with Gasteiger partial charge in [-0.15, -0.1) is 12.4 Å². The van der Waals surface area contributed by atoms with Gasteiger partial charge in [0.05, 0.1) is 0 Å². The Morgan fingerprint density at radius 1 is 0.806 bits per heavy atom. The van der Waals surface area contributed by atoms with E-state index in [4.69, 9.17) is 16.3 Å². The molecule has 5 heteroatoms. The van der Waals surface area contributed by atoms with Crippen LogP contribution in [0.3, 0.4) is 0 Å². The zero-order chi connectivity index (χ0) is 20.8. The summed E-state index contributed by atoms with van der Waals surface area (Å²) in [7, 11) is 0.